The van der Waals surface area contributed by atoms with Gasteiger partial charge in [0.25, 0.3) is 0 Å². The van der Waals surface area contributed by atoms with Crippen molar-refractivity contribution in [3.63, 3.8) is 0 Å². The Morgan fingerprint density at radius 1 is 1.16 bits per heavy atom. The monoisotopic (exact) mass is 264 g/mol. The van der Waals surface area contributed by atoms with Crippen molar-refractivity contribution in [3.05, 3.63) is 29.3 Å². The summed E-state index contributed by atoms with van der Waals surface area (Å²) in [5.41, 5.74) is 2.30. The maximum absolute atomic E-state index is 11.2. The van der Waals surface area contributed by atoms with Crippen LogP contribution in [0.25, 0.3) is 0 Å². The van der Waals surface area contributed by atoms with Gasteiger partial charge in [-0.1, -0.05) is 17.7 Å². The zero-order valence-electron chi connectivity index (χ0n) is 11.7. The Labute approximate surface area is 113 Å². The van der Waals surface area contributed by atoms with Crippen molar-refractivity contribution in [2.24, 2.45) is 0 Å². The minimum atomic E-state index is -0.768. The zero-order valence-corrected chi connectivity index (χ0v) is 11.7. The number of benzene rings is 1. The van der Waals surface area contributed by atoms with E-state index in [2.05, 4.69) is 10.8 Å². The van der Waals surface area contributed by atoms with Crippen LogP contribution >= 0.6 is 0 Å². The molecule has 1 aromatic carbocycles. The van der Waals surface area contributed by atoms with E-state index >= 15 is 0 Å². The Morgan fingerprint density at radius 3 is 2.53 bits per heavy atom. The van der Waals surface area contributed by atoms with Crippen molar-refractivity contribution < 1.29 is 19.1 Å². The lowest BCUT2D eigenvalue weighted by Crippen LogP contribution is -2.15. The molecule has 0 N–H and O–H groups in total. The Kier molecular flexibility index (Phi) is 6.06. The van der Waals surface area contributed by atoms with Crippen LogP contribution in [-0.4, -0.2) is 25.5 Å². The van der Waals surface area contributed by atoms with Gasteiger partial charge in [0.05, 0.1) is 13.7 Å². The normalized spacial score (nSPS) is 10.1. The molecule has 0 heterocycles. The highest BCUT2D eigenvalue weighted by Crippen LogP contribution is 2.18. The van der Waals surface area contributed by atoms with Gasteiger partial charge in [-0.05, 0) is 38.3 Å². The van der Waals surface area contributed by atoms with Crippen LogP contribution in [0.4, 0.5) is 0 Å². The summed E-state index contributed by atoms with van der Waals surface area (Å²) in [6.07, 6.45) is 1.57. The summed E-state index contributed by atoms with van der Waals surface area (Å²) in [5.74, 6) is -0.380. The first kappa shape index (κ1) is 15.2. The van der Waals surface area contributed by atoms with Crippen molar-refractivity contribution in [2.75, 3.05) is 13.7 Å². The van der Waals surface area contributed by atoms with E-state index in [1.165, 1.54) is 12.7 Å². The van der Waals surface area contributed by atoms with Crippen molar-refractivity contribution >= 4 is 11.8 Å². The maximum Gasteiger partial charge on any atom is 0.374 e. The molecule has 0 fully saturated rings. The van der Waals surface area contributed by atoms with Crippen LogP contribution in [-0.2, 0) is 14.3 Å². The van der Waals surface area contributed by atoms with Gasteiger partial charge >= 0.3 is 5.97 Å². The summed E-state index contributed by atoms with van der Waals surface area (Å²) in [4.78, 5) is 22.1. The third-order valence-electron chi connectivity index (χ3n) is 2.80. The van der Waals surface area contributed by atoms with E-state index in [9.17, 15) is 9.59 Å². The minimum absolute atomic E-state index is 0.211. The van der Waals surface area contributed by atoms with Gasteiger partial charge in [0.15, 0.2) is 0 Å². The molecule has 4 nitrogen and oxygen atoms in total. The number of rotatable bonds is 7. The number of carbonyl (C=O) groups excluding carboxylic acids is 2. The van der Waals surface area contributed by atoms with Crippen molar-refractivity contribution in [1.82, 2.24) is 0 Å². The van der Waals surface area contributed by atoms with Gasteiger partial charge < -0.3 is 9.47 Å². The molecule has 1 rings (SSSR count). The third kappa shape index (κ3) is 5.12. The van der Waals surface area contributed by atoms with Gasteiger partial charge in [-0.25, -0.2) is 4.79 Å². The lowest BCUT2D eigenvalue weighted by molar-refractivity contribution is -0.151. The Bertz CT molecular complexity index is 451. The molecular weight excluding hydrogens is 244 g/mol. The second kappa shape index (κ2) is 7.56. The van der Waals surface area contributed by atoms with Crippen LogP contribution in [0.2, 0.25) is 0 Å². The molecule has 0 amide bonds. The van der Waals surface area contributed by atoms with Gasteiger partial charge in [-0.3, -0.25) is 4.79 Å². The number of esters is 1. The zero-order chi connectivity index (χ0) is 14.3. The Balaban J connectivity index is 2.24. The van der Waals surface area contributed by atoms with Crippen LogP contribution in [0.1, 0.15) is 30.4 Å². The highest BCUT2D eigenvalue weighted by molar-refractivity contribution is 6.33. The van der Waals surface area contributed by atoms with Crippen LogP contribution in [0.3, 0.4) is 0 Å². The second-order valence-corrected chi connectivity index (χ2v) is 4.49. The Hall–Kier alpha value is -1.84. The van der Waals surface area contributed by atoms with E-state index in [0.29, 0.717) is 13.0 Å². The lowest BCUT2D eigenvalue weighted by atomic mass is 10.1. The van der Waals surface area contributed by atoms with E-state index in [1.807, 2.05) is 26.0 Å². The fourth-order valence-corrected chi connectivity index (χ4v) is 1.75. The first-order valence-electron chi connectivity index (χ1n) is 6.36. The first-order chi connectivity index (χ1) is 9.04. The molecule has 0 aliphatic carbocycles. The van der Waals surface area contributed by atoms with Crippen molar-refractivity contribution in [1.29, 1.82) is 0 Å². The average molecular weight is 264 g/mol. The van der Waals surface area contributed by atoms with E-state index in [-0.39, 0.29) is 6.42 Å². The highest BCUT2D eigenvalue weighted by Gasteiger charge is 2.12. The molecular formula is C15H20O4. The van der Waals surface area contributed by atoms with Crippen LogP contribution in [0.5, 0.6) is 5.75 Å². The van der Waals surface area contributed by atoms with E-state index in [1.54, 1.807) is 0 Å². The van der Waals surface area contributed by atoms with Crippen molar-refractivity contribution in [3.8, 4) is 5.75 Å². The molecule has 0 saturated carbocycles. The number of hydrogen-bond donors (Lipinski definition) is 0. The van der Waals surface area contributed by atoms with Crippen LogP contribution in [0, 0.1) is 13.8 Å². The molecule has 0 spiro atoms. The number of unbranched alkanes of at least 4 members (excludes halogenated alkanes) is 1. The SMILES string of the molecule is COC(=O)C(=O)CCCCOc1ccc(C)cc1C. The minimum Gasteiger partial charge on any atom is -0.493 e. The van der Waals surface area contributed by atoms with Gasteiger partial charge in [0.2, 0.25) is 5.78 Å². The standard InChI is InChI=1S/C15H20O4/c1-11-7-8-14(12(2)10-11)19-9-5-4-6-13(16)15(17)18-3/h7-8,10H,4-6,9H2,1-3H3. The molecule has 0 radical (unpaired) electrons. The fraction of sp³-hybridized carbons (Fsp3) is 0.467. The number of methoxy groups -OCH3 is 1. The summed E-state index contributed by atoms with van der Waals surface area (Å²) in [5, 5.41) is 0. The van der Waals surface area contributed by atoms with E-state index in [4.69, 9.17) is 4.74 Å². The van der Waals surface area contributed by atoms with Gasteiger partial charge in [0.1, 0.15) is 5.75 Å². The first-order valence-corrected chi connectivity index (χ1v) is 6.36. The largest absolute Gasteiger partial charge is 0.493 e. The number of carbonyl (C=O) groups is 2. The van der Waals surface area contributed by atoms with Crippen LogP contribution < -0.4 is 4.74 Å². The summed E-state index contributed by atoms with van der Waals surface area (Å²) in [6.45, 7) is 4.58. The van der Waals surface area contributed by atoms with Gasteiger partial charge in [-0.15, -0.1) is 0 Å². The van der Waals surface area contributed by atoms with E-state index in [0.717, 1.165) is 17.7 Å². The number of ether oxygens (including phenoxy) is 2. The number of ketones is 1. The quantitative estimate of drug-likeness (QED) is 0.431. The fourth-order valence-electron chi connectivity index (χ4n) is 1.75. The number of Topliss-reactive ketones (excluding diaryl/α,β-unsaturated/α-hetero) is 1. The van der Waals surface area contributed by atoms with E-state index < -0.39 is 11.8 Å². The number of hydrogen-bond acceptors (Lipinski definition) is 4. The average Bonchev–Trinajstić information content (AvgIpc) is 2.39. The predicted octanol–water partition coefficient (Wildman–Crippen LogP) is 2.59. The van der Waals surface area contributed by atoms with Gasteiger partial charge in [-0.2, -0.15) is 0 Å². The molecule has 104 valence electrons. The molecule has 1 aromatic rings. The molecule has 0 aliphatic rings. The Morgan fingerprint density at radius 2 is 1.89 bits per heavy atom. The maximum atomic E-state index is 11.2. The van der Waals surface area contributed by atoms with Gasteiger partial charge in [0, 0.05) is 6.42 Å². The molecule has 0 aliphatic heterocycles. The smallest absolute Gasteiger partial charge is 0.374 e. The lowest BCUT2D eigenvalue weighted by Gasteiger charge is -2.09. The number of aryl methyl sites for hydroxylation is 2. The van der Waals surface area contributed by atoms with Crippen molar-refractivity contribution in [2.45, 2.75) is 33.1 Å². The van der Waals surface area contributed by atoms with Crippen LogP contribution in [0.15, 0.2) is 18.2 Å². The summed E-state index contributed by atoms with van der Waals surface area (Å²) >= 11 is 0. The predicted molar refractivity (Wildman–Crippen MR) is 72.3 cm³/mol. The molecule has 0 atom stereocenters. The highest BCUT2D eigenvalue weighted by atomic mass is 16.5. The molecule has 0 saturated heterocycles. The third-order valence-corrected chi connectivity index (χ3v) is 2.80. The molecule has 0 unspecified atom stereocenters. The molecule has 19 heavy (non-hydrogen) atoms. The topological polar surface area (TPSA) is 52.6 Å². The molecule has 0 bridgehead atoms. The molecule has 4 heteroatoms. The second-order valence-electron chi connectivity index (χ2n) is 4.49. The summed E-state index contributed by atoms with van der Waals surface area (Å²) < 4.78 is 9.98. The molecule has 0 aromatic heterocycles. The summed E-state index contributed by atoms with van der Waals surface area (Å²) in [6, 6.07) is 6.02. The summed E-state index contributed by atoms with van der Waals surface area (Å²) in [7, 11) is 1.21.